The normalized spacial score (nSPS) is 19.7. The molecule has 4 rings (SSSR count). The first-order valence-corrected chi connectivity index (χ1v) is 9.52. The zero-order chi connectivity index (χ0) is 17.9. The Morgan fingerprint density at radius 3 is 2.38 bits per heavy atom. The molecule has 2 aliphatic rings. The fraction of sp³-hybridized carbons (Fsp3) is 0.500. The van der Waals surface area contributed by atoms with E-state index in [-0.39, 0.29) is 0 Å². The van der Waals surface area contributed by atoms with Gasteiger partial charge in [0.05, 0.1) is 18.9 Å². The van der Waals surface area contributed by atoms with Crippen LogP contribution in [0.2, 0.25) is 0 Å². The van der Waals surface area contributed by atoms with E-state index in [1.54, 1.807) is 0 Å². The molecule has 1 atom stereocenters. The van der Waals surface area contributed by atoms with Crippen LogP contribution in [0.1, 0.15) is 31.4 Å². The molecule has 0 amide bonds. The number of likely N-dealkylation sites (tertiary alicyclic amines) is 1. The number of aromatic nitrogens is 2. The molecule has 2 fully saturated rings. The smallest absolute Gasteiger partial charge is 0.228 e. The number of hydrogen-bond acceptors (Lipinski definition) is 6. The molecular formula is C20H27N5O. The molecule has 138 valence electrons. The lowest BCUT2D eigenvalue weighted by Gasteiger charge is -2.27. The molecule has 6 heteroatoms. The lowest BCUT2D eigenvalue weighted by molar-refractivity contribution is 0.122. The molecule has 2 saturated heterocycles. The Labute approximate surface area is 155 Å². The monoisotopic (exact) mass is 353 g/mol. The third-order valence-corrected chi connectivity index (χ3v) is 5.41. The molecule has 0 spiro atoms. The summed E-state index contributed by atoms with van der Waals surface area (Å²) >= 11 is 0. The minimum atomic E-state index is 0.464. The van der Waals surface area contributed by atoms with Gasteiger partial charge in [0.2, 0.25) is 5.95 Å². The first-order valence-electron chi connectivity index (χ1n) is 9.52. The van der Waals surface area contributed by atoms with Gasteiger partial charge in [-0.1, -0.05) is 24.3 Å². The zero-order valence-corrected chi connectivity index (χ0v) is 15.4. The largest absolute Gasteiger partial charge is 0.384 e. The average Bonchev–Trinajstić information content (AvgIpc) is 3.22. The van der Waals surface area contributed by atoms with Crippen molar-refractivity contribution in [3.05, 3.63) is 35.9 Å². The third kappa shape index (κ3) is 3.66. The minimum Gasteiger partial charge on any atom is -0.384 e. The van der Waals surface area contributed by atoms with Crippen molar-refractivity contribution in [2.24, 2.45) is 0 Å². The number of ether oxygens (including phenoxy) is 1. The average molecular weight is 353 g/mol. The van der Waals surface area contributed by atoms with E-state index in [4.69, 9.17) is 15.5 Å². The van der Waals surface area contributed by atoms with Crippen molar-refractivity contribution < 1.29 is 4.74 Å². The van der Waals surface area contributed by atoms with Gasteiger partial charge >= 0.3 is 0 Å². The van der Waals surface area contributed by atoms with E-state index in [9.17, 15) is 0 Å². The highest BCUT2D eigenvalue weighted by atomic mass is 16.5. The number of hydrogen-bond donors (Lipinski definition) is 1. The summed E-state index contributed by atoms with van der Waals surface area (Å²) in [6, 6.07) is 11.0. The molecule has 1 aromatic heterocycles. The van der Waals surface area contributed by atoms with E-state index >= 15 is 0 Å². The van der Waals surface area contributed by atoms with Gasteiger partial charge in [-0.05, 0) is 38.4 Å². The van der Waals surface area contributed by atoms with Crippen LogP contribution in [0.4, 0.5) is 11.8 Å². The van der Waals surface area contributed by atoms with Crippen molar-refractivity contribution in [3.8, 4) is 11.3 Å². The first-order chi connectivity index (χ1) is 12.7. The molecule has 0 saturated carbocycles. The maximum absolute atomic E-state index is 6.05. The Balaban J connectivity index is 1.56. The molecule has 3 heterocycles. The molecule has 0 radical (unpaired) electrons. The number of morpholine rings is 1. The summed E-state index contributed by atoms with van der Waals surface area (Å²) in [7, 11) is 0. The van der Waals surface area contributed by atoms with E-state index in [0.29, 0.717) is 31.0 Å². The van der Waals surface area contributed by atoms with Crippen LogP contribution in [0, 0.1) is 0 Å². The SMILES string of the molecule is C[C@@H](c1ccc(-c2cc(N)nc(N3CCOCC3)n2)cc1)N1CCCC1. The van der Waals surface area contributed by atoms with Gasteiger partial charge in [0.25, 0.3) is 0 Å². The van der Waals surface area contributed by atoms with Crippen molar-refractivity contribution in [3.63, 3.8) is 0 Å². The van der Waals surface area contributed by atoms with E-state index in [1.165, 1.54) is 31.5 Å². The molecule has 0 unspecified atom stereocenters. The molecule has 2 N–H and O–H groups in total. The second-order valence-corrected chi connectivity index (χ2v) is 7.12. The summed E-state index contributed by atoms with van der Waals surface area (Å²) in [5.41, 5.74) is 9.35. The summed E-state index contributed by atoms with van der Waals surface area (Å²) in [6.45, 7) is 7.71. The quantitative estimate of drug-likeness (QED) is 0.912. The summed E-state index contributed by atoms with van der Waals surface area (Å²) in [5, 5.41) is 0. The van der Waals surface area contributed by atoms with Crippen molar-refractivity contribution in [1.82, 2.24) is 14.9 Å². The highest BCUT2D eigenvalue weighted by molar-refractivity contribution is 5.64. The van der Waals surface area contributed by atoms with Crippen molar-refractivity contribution in [1.29, 1.82) is 0 Å². The van der Waals surface area contributed by atoms with E-state index in [2.05, 4.69) is 46.0 Å². The topological polar surface area (TPSA) is 67.5 Å². The van der Waals surface area contributed by atoms with E-state index < -0.39 is 0 Å². The van der Waals surface area contributed by atoms with Crippen molar-refractivity contribution in [2.75, 3.05) is 50.0 Å². The van der Waals surface area contributed by atoms with Crippen molar-refractivity contribution in [2.45, 2.75) is 25.8 Å². The standard InChI is InChI=1S/C20H27N5O/c1-15(24-8-2-3-9-24)16-4-6-17(7-5-16)18-14-19(21)23-20(22-18)25-10-12-26-13-11-25/h4-7,14-15H,2-3,8-13H2,1H3,(H2,21,22,23)/t15-/m0/s1. The Morgan fingerprint density at radius 2 is 1.69 bits per heavy atom. The van der Waals surface area contributed by atoms with Gasteiger partial charge in [-0.15, -0.1) is 0 Å². The van der Waals surface area contributed by atoms with Crippen LogP contribution in [0.15, 0.2) is 30.3 Å². The van der Waals surface area contributed by atoms with Crippen LogP contribution in [0.25, 0.3) is 11.3 Å². The number of benzene rings is 1. The molecule has 26 heavy (non-hydrogen) atoms. The fourth-order valence-electron chi connectivity index (χ4n) is 3.78. The van der Waals surface area contributed by atoms with Crippen LogP contribution in [-0.4, -0.2) is 54.3 Å². The highest BCUT2D eigenvalue weighted by Gasteiger charge is 2.20. The zero-order valence-electron chi connectivity index (χ0n) is 15.4. The van der Waals surface area contributed by atoms with Gasteiger partial charge in [-0.3, -0.25) is 4.90 Å². The molecule has 0 aliphatic carbocycles. The van der Waals surface area contributed by atoms with Crippen LogP contribution in [-0.2, 0) is 4.74 Å². The molecule has 0 bridgehead atoms. The highest BCUT2D eigenvalue weighted by Crippen LogP contribution is 2.28. The molecule has 6 nitrogen and oxygen atoms in total. The third-order valence-electron chi connectivity index (χ3n) is 5.41. The second kappa shape index (κ2) is 7.60. The second-order valence-electron chi connectivity index (χ2n) is 7.12. The van der Waals surface area contributed by atoms with Crippen LogP contribution in [0.5, 0.6) is 0 Å². The first kappa shape index (κ1) is 17.2. The Kier molecular flexibility index (Phi) is 5.04. The number of nitrogens with two attached hydrogens (primary N) is 1. The maximum atomic E-state index is 6.05. The minimum absolute atomic E-state index is 0.464. The van der Waals surface area contributed by atoms with Gasteiger partial charge in [-0.25, -0.2) is 4.98 Å². The molecule has 2 aliphatic heterocycles. The number of nitrogen functional groups attached to an aromatic ring is 1. The summed E-state index contributed by atoms with van der Waals surface area (Å²) in [6.07, 6.45) is 2.62. The lowest BCUT2D eigenvalue weighted by atomic mass is 10.0. The van der Waals surface area contributed by atoms with Crippen LogP contribution < -0.4 is 10.6 Å². The van der Waals surface area contributed by atoms with Gasteiger partial charge in [0.1, 0.15) is 5.82 Å². The lowest BCUT2D eigenvalue weighted by Crippen LogP contribution is -2.37. The van der Waals surface area contributed by atoms with Gasteiger partial charge in [-0.2, -0.15) is 4.98 Å². The molecular weight excluding hydrogens is 326 g/mol. The Morgan fingerprint density at radius 1 is 1.00 bits per heavy atom. The van der Waals surface area contributed by atoms with E-state index in [1.807, 2.05) is 6.07 Å². The summed E-state index contributed by atoms with van der Waals surface area (Å²) in [4.78, 5) is 13.8. The van der Waals surface area contributed by atoms with Gasteiger partial charge < -0.3 is 15.4 Å². The Hall–Kier alpha value is -2.18. The van der Waals surface area contributed by atoms with Gasteiger partial charge in [0, 0.05) is 30.8 Å². The van der Waals surface area contributed by atoms with E-state index in [0.717, 1.165) is 24.3 Å². The maximum Gasteiger partial charge on any atom is 0.228 e. The van der Waals surface area contributed by atoms with Crippen LogP contribution in [0.3, 0.4) is 0 Å². The Bertz CT molecular complexity index is 736. The number of nitrogens with zero attached hydrogens (tertiary/aromatic N) is 4. The van der Waals surface area contributed by atoms with Crippen molar-refractivity contribution >= 4 is 11.8 Å². The molecule has 1 aromatic carbocycles. The summed E-state index contributed by atoms with van der Waals surface area (Å²) < 4.78 is 5.41. The summed E-state index contributed by atoms with van der Waals surface area (Å²) in [5.74, 6) is 1.20. The number of anilines is 2. The van der Waals surface area contributed by atoms with Gasteiger partial charge in [0.15, 0.2) is 0 Å². The number of rotatable bonds is 4. The predicted molar refractivity (Wildman–Crippen MR) is 104 cm³/mol. The fourth-order valence-corrected chi connectivity index (χ4v) is 3.78. The van der Waals surface area contributed by atoms with Crippen LogP contribution >= 0.6 is 0 Å². The predicted octanol–water partition coefficient (Wildman–Crippen LogP) is 2.72. The molecule has 2 aromatic rings.